The summed E-state index contributed by atoms with van der Waals surface area (Å²) in [4.78, 5) is 16.9. The Morgan fingerprint density at radius 1 is 1.26 bits per heavy atom. The molecule has 0 spiro atoms. The van der Waals surface area contributed by atoms with Gasteiger partial charge in [0.1, 0.15) is 5.75 Å². The fourth-order valence-corrected chi connectivity index (χ4v) is 5.48. The lowest BCUT2D eigenvalue weighted by atomic mass is 10.2. The first kappa shape index (κ1) is 23.6. The predicted octanol–water partition coefficient (Wildman–Crippen LogP) is 6.25. The van der Waals surface area contributed by atoms with Crippen LogP contribution >= 0.6 is 39.0 Å². The zero-order chi connectivity index (χ0) is 22.9. The summed E-state index contributed by atoms with van der Waals surface area (Å²) >= 11 is 6.25. The minimum absolute atomic E-state index is 0.204. The van der Waals surface area contributed by atoms with Crippen LogP contribution in [0.1, 0.15) is 30.0 Å². The SMILES string of the molecule is COC(=O)c1c(Br)c(C)nn1-c1nc(-c2ccc(OC(F)(F)F)cc2)c(SC(C)C)s1. The third-order valence-corrected chi connectivity index (χ3v) is 7.03. The zero-order valence-corrected chi connectivity index (χ0v) is 20.0. The average Bonchev–Trinajstić information content (AvgIpc) is 3.21. The second kappa shape index (κ2) is 9.21. The monoisotopic (exact) mass is 535 g/mol. The summed E-state index contributed by atoms with van der Waals surface area (Å²) < 4.78 is 48.9. The molecule has 2 heterocycles. The van der Waals surface area contributed by atoms with E-state index in [1.54, 1.807) is 18.7 Å². The Hall–Kier alpha value is -2.05. The summed E-state index contributed by atoms with van der Waals surface area (Å²) in [6.45, 7) is 5.77. The van der Waals surface area contributed by atoms with E-state index in [1.165, 1.54) is 47.4 Å². The zero-order valence-electron chi connectivity index (χ0n) is 16.8. The Balaban J connectivity index is 2.08. The lowest BCUT2D eigenvalue weighted by molar-refractivity contribution is -0.274. The van der Waals surface area contributed by atoms with Gasteiger partial charge in [0, 0.05) is 10.8 Å². The smallest absolute Gasteiger partial charge is 0.464 e. The number of ether oxygens (including phenoxy) is 2. The predicted molar refractivity (Wildman–Crippen MR) is 116 cm³/mol. The first-order chi connectivity index (χ1) is 14.5. The van der Waals surface area contributed by atoms with E-state index in [9.17, 15) is 18.0 Å². The van der Waals surface area contributed by atoms with Crippen molar-refractivity contribution in [3.63, 3.8) is 0 Å². The first-order valence-electron chi connectivity index (χ1n) is 8.87. The number of esters is 1. The molecule has 0 atom stereocenters. The molecule has 0 fully saturated rings. The van der Waals surface area contributed by atoms with E-state index < -0.39 is 12.3 Å². The van der Waals surface area contributed by atoms with Crippen LogP contribution in [0.4, 0.5) is 13.2 Å². The van der Waals surface area contributed by atoms with Gasteiger partial charge in [-0.1, -0.05) is 25.2 Å². The molecule has 3 rings (SSSR count). The van der Waals surface area contributed by atoms with Crippen LogP contribution in [0.5, 0.6) is 5.75 Å². The number of alkyl halides is 3. The fraction of sp³-hybridized carbons (Fsp3) is 0.316. The lowest BCUT2D eigenvalue weighted by Crippen LogP contribution is -2.16. The molecule has 2 aromatic heterocycles. The number of aromatic nitrogens is 3. The van der Waals surface area contributed by atoms with Crippen LogP contribution in [0.2, 0.25) is 0 Å². The molecule has 3 aromatic rings. The average molecular weight is 536 g/mol. The summed E-state index contributed by atoms with van der Waals surface area (Å²) in [6.07, 6.45) is -4.76. The number of hydrogen-bond donors (Lipinski definition) is 0. The number of rotatable bonds is 6. The highest BCUT2D eigenvalue weighted by Crippen LogP contribution is 2.41. The number of carbonyl (C=O) groups is 1. The number of halogens is 4. The topological polar surface area (TPSA) is 66.2 Å². The van der Waals surface area contributed by atoms with Crippen LogP contribution in [0.3, 0.4) is 0 Å². The van der Waals surface area contributed by atoms with Gasteiger partial charge in [0.15, 0.2) is 5.69 Å². The normalized spacial score (nSPS) is 11.8. The Kier molecular flexibility index (Phi) is 7.01. The molecule has 1 aromatic carbocycles. The van der Waals surface area contributed by atoms with Gasteiger partial charge in [-0.25, -0.2) is 9.78 Å². The van der Waals surface area contributed by atoms with Crippen LogP contribution in [0.15, 0.2) is 32.9 Å². The Labute approximate surface area is 192 Å². The van der Waals surface area contributed by atoms with Crippen molar-refractivity contribution in [2.45, 2.75) is 36.6 Å². The molecule has 0 saturated carbocycles. The van der Waals surface area contributed by atoms with Gasteiger partial charge in [-0.15, -0.1) is 24.9 Å². The highest BCUT2D eigenvalue weighted by Gasteiger charge is 2.31. The van der Waals surface area contributed by atoms with Gasteiger partial charge in [0.2, 0.25) is 5.13 Å². The number of nitrogens with zero attached hydrogens (tertiary/aromatic N) is 3. The third-order valence-electron chi connectivity index (χ3n) is 3.84. The van der Waals surface area contributed by atoms with E-state index in [0.717, 1.165) is 4.21 Å². The van der Waals surface area contributed by atoms with E-state index in [4.69, 9.17) is 4.74 Å². The molecule has 0 amide bonds. The summed E-state index contributed by atoms with van der Waals surface area (Å²) in [5.74, 6) is -0.889. The van der Waals surface area contributed by atoms with E-state index in [0.29, 0.717) is 26.6 Å². The summed E-state index contributed by atoms with van der Waals surface area (Å²) in [5, 5.41) is 5.05. The van der Waals surface area contributed by atoms with E-state index in [2.05, 4.69) is 30.7 Å². The largest absolute Gasteiger partial charge is 0.573 e. The molecule has 0 radical (unpaired) electrons. The number of carbonyl (C=O) groups excluding carboxylic acids is 1. The molecule has 0 aliphatic heterocycles. The van der Waals surface area contributed by atoms with Crippen LogP contribution in [0.25, 0.3) is 16.4 Å². The second-order valence-corrected chi connectivity index (χ2v) is 10.1. The van der Waals surface area contributed by atoms with Crippen LogP contribution in [-0.2, 0) is 4.74 Å². The molecule has 31 heavy (non-hydrogen) atoms. The Bertz CT molecular complexity index is 1100. The van der Waals surface area contributed by atoms with Crippen molar-refractivity contribution in [2.24, 2.45) is 0 Å². The molecule has 166 valence electrons. The van der Waals surface area contributed by atoms with Gasteiger partial charge in [-0.3, -0.25) is 0 Å². The van der Waals surface area contributed by atoms with Crippen molar-refractivity contribution in [3.05, 3.63) is 40.1 Å². The van der Waals surface area contributed by atoms with Crippen molar-refractivity contribution < 1.29 is 27.4 Å². The number of hydrogen-bond acceptors (Lipinski definition) is 7. The number of benzene rings is 1. The fourth-order valence-electron chi connectivity index (χ4n) is 2.60. The molecule has 0 unspecified atom stereocenters. The standard InChI is InChI=1S/C19H17BrF3N3O3S2/c1-9(2)30-17-14(11-5-7-12(8-6-11)29-19(21,22)23)24-18(31-17)26-15(16(27)28-4)13(20)10(3)25-26/h5-9H,1-4H3. The minimum Gasteiger partial charge on any atom is -0.464 e. The van der Waals surface area contributed by atoms with Crippen LogP contribution < -0.4 is 4.74 Å². The van der Waals surface area contributed by atoms with E-state index >= 15 is 0 Å². The van der Waals surface area contributed by atoms with Crippen molar-refractivity contribution >= 4 is 45.0 Å². The molecule has 0 bridgehead atoms. The molecule has 0 N–H and O–H groups in total. The number of methoxy groups -OCH3 is 1. The van der Waals surface area contributed by atoms with Gasteiger partial charge in [-0.05, 0) is 47.1 Å². The van der Waals surface area contributed by atoms with Gasteiger partial charge in [-0.2, -0.15) is 9.78 Å². The maximum Gasteiger partial charge on any atom is 0.573 e. The van der Waals surface area contributed by atoms with Crippen molar-refractivity contribution in [1.82, 2.24) is 14.8 Å². The van der Waals surface area contributed by atoms with Gasteiger partial charge in [0.05, 0.1) is 27.2 Å². The molecular formula is C19H17BrF3N3O3S2. The maximum absolute atomic E-state index is 12.4. The summed E-state index contributed by atoms with van der Waals surface area (Å²) in [7, 11) is 1.28. The number of aryl methyl sites for hydroxylation is 1. The summed E-state index contributed by atoms with van der Waals surface area (Å²) in [6, 6.07) is 5.49. The molecule has 6 nitrogen and oxygen atoms in total. The first-order valence-corrected chi connectivity index (χ1v) is 11.4. The van der Waals surface area contributed by atoms with Crippen molar-refractivity contribution in [2.75, 3.05) is 7.11 Å². The minimum atomic E-state index is -4.76. The Morgan fingerprint density at radius 3 is 2.45 bits per heavy atom. The van der Waals surface area contributed by atoms with E-state index in [1.807, 2.05) is 13.8 Å². The maximum atomic E-state index is 12.4. The van der Waals surface area contributed by atoms with Crippen LogP contribution in [0, 0.1) is 6.92 Å². The quantitative estimate of drug-likeness (QED) is 0.274. The van der Waals surface area contributed by atoms with Crippen molar-refractivity contribution in [1.29, 1.82) is 0 Å². The highest BCUT2D eigenvalue weighted by molar-refractivity contribution is 9.10. The van der Waals surface area contributed by atoms with Gasteiger partial charge in [0.25, 0.3) is 0 Å². The third kappa shape index (κ3) is 5.42. The molecule has 12 heteroatoms. The van der Waals surface area contributed by atoms with E-state index in [-0.39, 0.29) is 16.7 Å². The summed E-state index contributed by atoms with van der Waals surface area (Å²) in [5.41, 5.74) is 1.99. The number of thioether (sulfide) groups is 1. The lowest BCUT2D eigenvalue weighted by Gasteiger charge is -2.09. The second-order valence-electron chi connectivity index (χ2n) is 6.52. The van der Waals surface area contributed by atoms with Crippen LogP contribution in [-0.4, -0.2) is 39.5 Å². The van der Waals surface area contributed by atoms with Gasteiger partial charge < -0.3 is 9.47 Å². The Morgan fingerprint density at radius 2 is 1.90 bits per heavy atom. The van der Waals surface area contributed by atoms with Gasteiger partial charge >= 0.3 is 12.3 Å². The molecule has 0 aliphatic carbocycles. The highest BCUT2D eigenvalue weighted by atomic mass is 79.9. The van der Waals surface area contributed by atoms with Crippen molar-refractivity contribution in [3.8, 4) is 22.1 Å². The molecule has 0 aliphatic rings. The molecule has 0 saturated heterocycles. The molecular weight excluding hydrogens is 519 g/mol. The number of thiazole rings is 1.